The van der Waals surface area contributed by atoms with E-state index in [9.17, 15) is 9.59 Å². The quantitative estimate of drug-likeness (QED) is 0.620. The molecule has 3 heterocycles. The first kappa shape index (κ1) is 20.2. The normalized spacial score (nSPS) is 17.5. The maximum atomic E-state index is 12.6. The molecule has 1 aromatic heterocycles. The number of hydrogen-bond donors (Lipinski definition) is 4. The van der Waals surface area contributed by atoms with Gasteiger partial charge in [-0.2, -0.15) is 0 Å². The van der Waals surface area contributed by atoms with Gasteiger partial charge >= 0.3 is 0 Å². The second-order valence-corrected chi connectivity index (χ2v) is 7.92. The molecular formula is C22H28N6O2. The molecule has 2 aromatic rings. The van der Waals surface area contributed by atoms with Gasteiger partial charge in [-0.25, -0.2) is 4.98 Å². The van der Waals surface area contributed by atoms with Crippen LogP contribution in [0.1, 0.15) is 53.8 Å². The Balaban J connectivity index is 1.59. The van der Waals surface area contributed by atoms with Crippen molar-refractivity contribution in [1.82, 2.24) is 20.2 Å². The van der Waals surface area contributed by atoms with Gasteiger partial charge < -0.3 is 26.3 Å². The highest BCUT2D eigenvalue weighted by Gasteiger charge is 2.23. The van der Waals surface area contributed by atoms with E-state index in [1.807, 2.05) is 11.0 Å². The van der Waals surface area contributed by atoms with E-state index in [4.69, 9.17) is 5.73 Å². The lowest BCUT2D eigenvalue weighted by Crippen LogP contribution is -2.36. The Labute approximate surface area is 175 Å². The number of benzene rings is 1. The Morgan fingerprint density at radius 3 is 2.70 bits per heavy atom. The number of nitrogens with zero attached hydrogens (tertiary/aromatic N) is 2. The maximum absolute atomic E-state index is 12.6. The molecule has 0 bridgehead atoms. The van der Waals surface area contributed by atoms with Crippen LogP contribution in [0, 0.1) is 0 Å². The van der Waals surface area contributed by atoms with Gasteiger partial charge in [-0.15, -0.1) is 0 Å². The molecule has 1 aromatic carbocycles. The van der Waals surface area contributed by atoms with E-state index in [-0.39, 0.29) is 17.6 Å². The number of nitrogens with two attached hydrogens (primary N) is 1. The number of carbonyl (C=O) groups excluding carboxylic acids is 2. The van der Waals surface area contributed by atoms with Gasteiger partial charge in [0.05, 0.1) is 6.20 Å². The van der Waals surface area contributed by atoms with Gasteiger partial charge in [0, 0.05) is 37.8 Å². The number of hydrogen-bond acceptors (Lipinski definition) is 5. The first-order valence-electron chi connectivity index (χ1n) is 10.4. The average Bonchev–Trinajstić information content (AvgIpc) is 3.21. The van der Waals surface area contributed by atoms with Crippen LogP contribution in [0.2, 0.25) is 0 Å². The van der Waals surface area contributed by atoms with E-state index in [0.717, 1.165) is 56.7 Å². The van der Waals surface area contributed by atoms with Crippen LogP contribution in [0.15, 0.2) is 30.5 Å². The van der Waals surface area contributed by atoms with E-state index in [2.05, 4.69) is 38.8 Å². The van der Waals surface area contributed by atoms with E-state index < -0.39 is 0 Å². The van der Waals surface area contributed by atoms with Crippen molar-refractivity contribution in [1.29, 1.82) is 0 Å². The van der Waals surface area contributed by atoms with Crippen LogP contribution in [0.5, 0.6) is 0 Å². The first-order chi connectivity index (χ1) is 14.5. The van der Waals surface area contributed by atoms with Crippen LogP contribution >= 0.6 is 0 Å². The van der Waals surface area contributed by atoms with Gasteiger partial charge in [-0.3, -0.25) is 9.59 Å². The van der Waals surface area contributed by atoms with Crippen LogP contribution < -0.4 is 16.4 Å². The summed E-state index contributed by atoms with van der Waals surface area (Å²) in [6, 6.07) is 6.25. The predicted octanol–water partition coefficient (Wildman–Crippen LogP) is 2.35. The minimum Gasteiger partial charge on any atom is -0.384 e. The lowest BCUT2D eigenvalue weighted by atomic mass is 9.86. The Morgan fingerprint density at radius 1 is 1.27 bits per heavy atom. The zero-order chi connectivity index (χ0) is 21.1. The van der Waals surface area contributed by atoms with Crippen LogP contribution in [0.3, 0.4) is 0 Å². The van der Waals surface area contributed by atoms with Crippen molar-refractivity contribution >= 4 is 28.9 Å². The SMILES string of the molecule is CC(=O)N1CCC(c2ccc(NC(=O)c3ncc(N)[nH]3)c(C3=CCCNC3)c2)CC1. The number of nitrogens with one attached hydrogen (secondary N) is 3. The molecule has 0 unspecified atom stereocenters. The summed E-state index contributed by atoms with van der Waals surface area (Å²) in [5.41, 5.74) is 9.86. The minimum atomic E-state index is -0.320. The standard InChI is InChI=1S/C22H28N6O2/c1-14(29)28-9-6-15(7-10-28)16-4-5-19(18(11-16)17-3-2-8-24-12-17)26-22(30)21-25-13-20(23)27-21/h3-5,11,13,15,24H,2,6-10,12,23H2,1H3,(H,25,27)(H,26,30). The van der Waals surface area contributed by atoms with E-state index in [1.165, 1.54) is 17.3 Å². The lowest BCUT2D eigenvalue weighted by molar-refractivity contribution is -0.129. The van der Waals surface area contributed by atoms with Crippen molar-refractivity contribution in [2.75, 3.05) is 37.2 Å². The summed E-state index contributed by atoms with van der Waals surface area (Å²) in [7, 11) is 0. The monoisotopic (exact) mass is 408 g/mol. The van der Waals surface area contributed by atoms with Crippen molar-refractivity contribution in [3.05, 3.63) is 47.4 Å². The number of aromatic amines is 1. The third kappa shape index (κ3) is 4.38. The van der Waals surface area contributed by atoms with Gasteiger partial charge in [0.2, 0.25) is 5.91 Å². The van der Waals surface area contributed by atoms with Crippen LogP contribution in [-0.4, -0.2) is 52.9 Å². The molecule has 0 spiro atoms. The minimum absolute atomic E-state index is 0.143. The number of carbonyl (C=O) groups is 2. The Bertz CT molecular complexity index is 972. The molecule has 0 atom stereocenters. The van der Waals surface area contributed by atoms with Crippen LogP contribution in [-0.2, 0) is 4.79 Å². The fraction of sp³-hybridized carbons (Fsp3) is 0.409. The summed E-state index contributed by atoms with van der Waals surface area (Å²) >= 11 is 0. The molecule has 30 heavy (non-hydrogen) atoms. The molecule has 0 aliphatic carbocycles. The van der Waals surface area contributed by atoms with Gasteiger partial charge in [0.15, 0.2) is 5.82 Å². The molecule has 8 heteroatoms. The van der Waals surface area contributed by atoms with Crippen molar-refractivity contribution in [3.8, 4) is 0 Å². The Kier molecular flexibility index (Phi) is 5.85. The molecule has 8 nitrogen and oxygen atoms in total. The number of aromatic nitrogens is 2. The molecule has 5 N–H and O–H groups in total. The molecule has 2 aliphatic rings. The highest BCUT2D eigenvalue weighted by Crippen LogP contribution is 2.34. The van der Waals surface area contributed by atoms with E-state index in [1.54, 1.807) is 6.92 Å². The largest absolute Gasteiger partial charge is 0.384 e. The van der Waals surface area contributed by atoms with Gasteiger partial charge in [-0.05, 0) is 55.0 Å². The smallest absolute Gasteiger partial charge is 0.291 e. The highest BCUT2D eigenvalue weighted by atomic mass is 16.2. The number of amides is 2. The molecule has 2 aliphatic heterocycles. The summed E-state index contributed by atoms with van der Waals surface area (Å²) in [5.74, 6) is 0.775. The number of H-pyrrole nitrogens is 1. The highest BCUT2D eigenvalue weighted by molar-refractivity contribution is 6.03. The van der Waals surface area contributed by atoms with Crippen molar-refractivity contribution in [2.45, 2.75) is 32.1 Å². The van der Waals surface area contributed by atoms with E-state index in [0.29, 0.717) is 11.7 Å². The van der Waals surface area contributed by atoms with Gasteiger partial charge in [0.1, 0.15) is 5.82 Å². The molecule has 158 valence electrons. The predicted molar refractivity (Wildman–Crippen MR) is 117 cm³/mol. The molecule has 1 saturated heterocycles. The zero-order valence-electron chi connectivity index (χ0n) is 17.2. The number of anilines is 2. The third-order valence-corrected chi connectivity index (χ3v) is 5.89. The van der Waals surface area contributed by atoms with Gasteiger partial charge in [0.25, 0.3) is 5.91 Å². The topological polar surface area (TPSA) is 116 Å². The zero-order valence-corrected chi connectivity index (χ0v) is 17.2. The Morgan fingerprint density at radius 2 is 2.07 bits per heavy atom. The van der Waals surface area contributed by atoms with Crippen LogP contribution in [0.4, 0.5) is 11.5 Å². The Hall–Kier alpha value is -3.13. The van der Waals surface area contributed by atoms with Crippen LogP contribution in [0.25, 0.3) is 5.57 Å². The van der Waals surface area contributed by atoms with Crippen molar-refractivity contribution < 1.29 is 9.59 Å². The summed E-state index contributed by atoms with van der Waals surface area (Å²) in [6.07, 6.45) is 6.52. The van der Waals surface area contributed by atoms with Crippen molar-refractivity contribution in [2.24, 2.45) is 0 Å². The number of rotatable bonds is 4. The summed E-state index contributed by atoms with van der Waals surface area (Å²) in [4.78, 5) is 32.9. The first-order valence-corrected chi connectivity index (χ1v) is 10.4. The molecule has 2 amide bonds. The lowest BCUT2D eigenvalue weighted by Gasteiger charge is -2.32. The third-order valence-electron chi connectivity index (χ3n) is 5.89. The molecule has 0 saturated carbocycles. The maximum Gasteiger partial charge on any atom is 0.291 e. The molecule has 4 rings (SSSR count). The summed E-state index contributed by atoms with van der Waals surface area (Å²) in [6.45, 7) is 4.93. The number of piperidine rings is 1. The molecule has 1 fully saturated rings. The average molecular weight is 409 g/mol. The van der Waals surface area contributed by atoms with E-state index >= 15 is 0 Å². The summed E-state index contributed by atoms with van der Waals surface area (Å²) < 4.78 is 0. The fourth-order valence-corrected chi connectivity index (χ4v) is 4.20. The number of imidazole rings is 1. The molecule has 0 radical (unpaired) electrons. The van der Waals surface area contributed by atoms with Crippen molar-refractivity contribution in [3.63, 3.8) is 0 Å². The second kappa shape index (κ2) is 8.71. The number of nitrogen functional groups attached to an aromatic ring is 1. The summed E-state index contributed by atoms with van der Waals surface area (Å²) in [5, 5.41) is 6.39. The second-order valence-electron chi connectivity index (χ2n) is 7.92. The molecular weight excluding hydrogens is 380 g/mol. The van der Waals surface area contributed by atoms with Gasteiger partial charge in [-0.1, -0.05) is 12.1 Å². The number of likely N-dealkylation sites (tertiary alicyclic amines) is 1. The fourth-order valence-electron chi connectivity index (χ4n) is 4.20.